The van der Waals surface area contributed by atoms with E-state index < -0.39 is 0 Å². The van der Waals surface area contributed by atoms with Crippen molar-refractivity contribution >= 4 is 68.2 Å². The van der Waals surface area contributed by atoms with Gasteiger partial charge in [-0.1, -0.05) is 0 Å². The number of piperidine rings is 1. The zero-order valence-corrected chi connectivity index (χ0v) is 68.1. The molecule has 0 aliphatic carbocycles. The molecular formula is C82H140N18O9+6. The molecular weight excluding hydrogens is 1380 g/mol. The molecule has 19 N–H and O–H groups in total. The van der Waals surface area contributed by atoms with E-state index in [1.807, 2.05) is 21.1 Å². The smallest absolute Gasteiger partial charge is 0.117 e. The van der Waals surface area contributed by atoms with Gasteiger partial charge < -0.3 is 136 Å². The highest BCUT2D eigenvalue weighted by Crippen LogP contribution is 2.35. The van der Waals surface area contributed by atoms with Crippen molar-refractivity contribution in [3.05, 3.63) is 109 Å². The number of ether oxygens (including phenoxy) is 2. The Hall–Kier alpha value is -8.64. The highest BCUT2D eigenvalue weighted by atomic mass is 16.5. The van der Waals surface area contributed by atoms with Crippen LogP contribution in [0.5, 0.6) is 34.5 Å². The molecule has 6 aliphatic rings. The first kappa shape index (κ1) is 87.6. The minimum Gasteiger partial charge on any atom is -0.508 e. The van der Waals surface area contributed by atoms with E-state index in [4.69, 9.17) is 49.0 Å². The molecule has 6 aromatic carbocycles. The van der Waals surface area contributed by atoms with Crippen molar-refractivity contribution in [2.45, 2.75) is 38.1 Å². The fourth-order valence-electron chi connectivity index (χ4n) is 14.8. The van der Waals surface area contributed by atoms with E-state index in [-0.39, 0.29) is 41.1 Å². The summed E-state index contributed by atoms with van der Waals surface area (Å²) in [6.07, 6.45) is 6.45. The second-order valence-electron chi connectivity index (χ2n) is 33.6. The molecule has 0 spiro atoms. The Bertz CT molecular complexity index is 3670. The summed E-state index contributed by atoms with van der Waals surface area (Å²) >= 11 is 0. The molecule has 27 nitrogen and oxygen atoms in total. The summed E-state index contributed by atoms with van der Waals surface area (Å²) in [4.78, 5) is 13.1. The standard InChI is InChI=1S/C16H27N3O.2C14H23N3O2.C13H21N3O2.C13H21N3O.C12H19N3O/c1-18(16-13-14(20)7-8-15(16)17)9-6-12-19(2)10-4-3-5-11-19;2*1-16(14-11-12(18)3-4-13(14)15)5-6-17(2)7-9-19-10-8-17;1-16(8-9-17)6-4-15(5-7-16)13-10-11(18)2-3-12(13)14;1-16(2,3)10-6-7-15(9-10)13-8-11(17)4-5-12(13)14;1-15(2)7-5-14(6-8-15)12-9-10(16)3-4-11(12)13/h7-8,13H,3-6,9-12,17H2,1-2H3;2*3-4,11H,5-10,15H2,1-2H3;2-3,10,17H,4-9,14H2,1H3;4-5,8,10H,6-7,9,14H2,1-3H3;3-4,9H,5-8,13H2,1-2H3/p+6. The third kappa shape index (κ3) is 27.4. The molecule has 0 amide bonds. The number of aliphatic hydroxyl groups is 1. The van der Waals surface area contributed by atoms with E-state index in [9.17, 15) is 30.6 Å². The molecule has 0 aromatic heterocycles. The topological polar surface area (TPSA) is 336 Å². The normalized spacial score (nSPS) is 18.9. The molecule has 606 valence electrons. The maximum absolute atomic E-state index is 9.57. The lowest BCUT2D eigenvalue weighted by atomic mass is 10.1. The Kier molecular flexibility index (Phi) is 32.0. The number of morpholine rings is 2. The van der Waals surface area contributed by atoms with Gasteiger partial charge in [0.15, 0.2) is 0 Å². The van der Waals surface area contributed by atoms with Crippen molar-refractivity contribution in [3.63, 3.8) is 0 Å². The van der Waals surface area contributed by atoms with Gasteiger partial charge in [-0.25, -0.2) is 0 Å². The van der Waals surface area contributed by atoms with E-state index in [1.54, 1.807) is 109 Å². The number of likely N-dealkylation sites (N-methyl/N-ethyl adjacent to an activating group) is 7. The fourth-order valence-corrected chi connectivity index (χ4v) is 14.8. The summed E-state index contributed by atoms with van der Waals surface area (Å²) < 4.78 is 17.0. The zero-order chi connectivity index (χ0) is 79.9. The lowest BCUT2D eigenvalue weighted by molar-refractivity contribution is -0.915. The summed E-state index contributed by atoms with van der Waals surface area (Å²) in [5.74, 6) is 1.59. The van der Waals surface area contributed by atoms with Crippen molar-refractivity contribution in [2.24, 2.45) is 0 Å². The van der Waals surface area contributed by atoms with Gasteiger partial charge in [0.2, 0.25) is 0 Å². The van der Waals surface area contributed by atoms with Gasteiger partial charge >= 0.3 is 0 Å². The summed E-state index contributed by atoms with van der Waals surface area (Å²) in [6.45, 7) is 27.3. The molecule has 0 saturated carbocycles. The summed E-state index contributed by atoms with van der Waals surface area (Å²) in [6, 6.07) is 31.3. The lowest BCUT2D eigenvalue weighted by Crippen LogP contribution is -2.58. The number of hydrogen-bond donors (Lipinski definition) is 13. The average Bonchev–Trinajstić information content (AvgIpc) is 1.42. The van der Waals surface area contributed by atoms with E-state index in [2.05, 4.69) is 92.8 Å². The third-order valence-corrected chi connectivity index (χ3v) is 23.1. The quantitative estimate of drug-likeness (QED) is 0.0232. The van der Waals surface area contributed by atoms with Crippen LogP contribution in [0.3, 0.4) is 0 Å². The van der Waals surface area contributed by atoms with Crippen LogP contribution in [-0.2, 0) is 9.47 Å². The number of aliphatic hydroxyl groups excluding tert-OH is 1. The Balaban J connectivity index is 0.000000182. The Morgan fingerprint density at radius 2 is 0.706 bits per heavy atom. The maximum Gasteiger partial charge on any atom is 0.117 e. The van der Waals surface area contributed by atoms with Crippen LogP contribution in [0, 0.1) is 0 Å². The van der Waals surface area contributed by atoms with Gasteiger partial charge in [0, 0.05) is 83.5 Å². The molecule has 6 heterocycles. The largest absolute Gasteiger partial charge is 0.508 e. The highest BCUT2D eigenvalue weighted by Gasteiger charge is 2.35. The number of phenols is 6. The first-order valence-corrected chi connectivity index (χ1v) is 39.0. The van der Waals surface area contributed by atoms with Crippen LogP contribution in [-0.4, -0.2) is 337 Å². The lowest BCUT2D eigenvalue weighted by Gasteiger charge is -2.42. The molecule has 6 saturated heterocycles. The van der Waals surface area contributed by atoms with E-state index >= 15 is 0 Å². The summed E-state index contributed by atoms with van der Waals surface area (Å²) in [5, 5.41) is 66.3. The van der Waals surface area contributed by atoms with Crippen LogP contribution >= 0.6 is 0 Å². The Labute approximate surface area is 651 Å². The van der Waals surface area contributed by atoms with Gasteiger partial charge in [-0.3, -0.25) is 0 Å². The SMILES string of the molecule is CN(CCC[N+]1(C)CCCCC1)c1cc(O)ccc1N.CN(CC[N+]1(C)CCOCC1)c1cc(O)ccc1N.CN(CC[N+]1(C)CCOCC1)c1cc(O)ccc1N.C[N+](C)(C)C1CCN(c2cc(O)ccc2N)C1.C[N+]1(C)CCN(c2cc(O)ccc2N)CC1.C[N+]1(CCO)CCN(c2cc(O)ccc2N)CC1. The fraction of sp³-hybridized carbons (Fsp3) is 0.561. The Morgan fingerprint density at radius 1 is 0.385 bits per heavy atom. The Morgan fingerprint density at radius 3 is 1.06 bits per heavy atom. The van der Waals surface area contributed by atoms with Crippen LogP contribution in [0.4, 0.5) is 68.2 Å². The van der Waals surface area contributed by atoms with E-state index in [0.717, 1.165) is 237 Å². The second kappa shape index (κ2) is 39.8. The van der Waals surface area contributed by atoms with Crippen LogP contribution in [0.15, 0.2) is 109 Å². The number of benzene rings is 6. The van der Waals surface area contributed by atoms with Gasteiger partial charge in [-0.15, -0.1) is 0 Å². The van der Waals surface area contributed by atoms with E-state index in [0.29, 0.717) is 23.1 Å². The predicted octanol–water partition coefficient (Wildman–Crippen LogP) is 6.57. The molecule has 109 heavy (non-hydrogen) atoms. The molecule has 0 bridgehead atoms. The molecule has 27 heteroatoms. The monoisotopic (exact) mass is 1520 g/mol. The number of nitrogens with zero attached hydrogens (tertiary/aromatic N) is 12. The van der Waals surface area contributed by atoms with Gasteiger partial charge in [0.05, 0.1) is 269 Å². The minimum atomic E-state index is 0.227. The second-order valence-corrected chi connectivity index (χ2v) is 33.6. The van der Waals surface area contributed by atoms with Gasteiger partial charge in [-0.05, 0) is 92.1 Å². The predicted molar refractivity (Wildman–Crippen MR) is 450 cm³/mol. The zero-order valence-electron chi connectivity index (χ0n) is 68.1. The van der Waals surface area contributed by atoms with Crippen molar-refractivity contribution in [1.82, 2.24) is 0 Å². The first-order chi connectivity index (χ1) is 51.4. The van der Waals surface area contributed by atoms with Crippen molar-refractivity contribution in [1.29, 1.82) is 0 Å². The molecule has 6 fully saturated rings. The molecule has 1 unspecified atom stereocenters. The summed E-state index contributed by atoms with van der Waals surface area (Å²) in [7, 11) is 26.3. The van der Waals surface area contributed by atoms with Gasteiger partial charge in [0.1, 0.15) is 73.3 Å². The average molecular weight is 1520 g/mol. The molecule has 1 atom stereocenters. The third-order valence-electron chi connectivity index (χ3n) is 23.1. The van der Waals surface area contributed by atoms with Gasteiger partial charge in [-0.2, -0.15) is 0 Å². The molecule has 12 rings (SSSR count). The number of nitrogen functional groups attached to an aromatic ring is 6. The number of anilines is 12. The number of nitrogens with two attached hydrogens (primary N) is 6. The van der Waals surface area contributed by atoms with Crippen LogP contribution in [0.1, 0.15) is 32.1 Å². The molecule has 6 aliphatic heterocycles. The number of aromatic hydroxyl groups is 6. The van der Waals surface area contributed by atoms with Crippen molar-refractivity contribution < 1.29 is 72.1 Å². The first-order valence-electron chi connectivity index (χ1n) is 39.0. The van der Waals surface area contributed by atoms with Crippen molar-refractivity contribution in [3.8, 4) is 34.5 Å². The minimum absolute atomic E-state index is 0.227. The number of phenolic OH excluding ortho intramolecular Hbond substituents is 6. The van der Waals surface area contributed by atoms with Crippen LogP contribution in [0.25, 0.3) is 0 Å². The number of likely N-dealkylation sites (tertiary alicyclic amines) is 1. The van der Waals surface area contributed by atoms with Gasteiger partial charge in [0.25, 0.3) is 0 Å². The van der Waals surface area contributed by atoms with Crippen molar-refractivity contribution in [2.75, 3.05) is 332 Å². The number of hydrogen-bond acceptors (Lipinski definition) is 21. The molecule has 6 aromatic rings. The maximum atomic E-state index is 9.57. The highest BCUT2D eigenvalue weighted by molar-refractivity contribution is 5.73. The van der Waals surface area contributed by atoms with Crippen LogP contribution in [0.2, 0.25) is 0 Å². The number of quaternary nitrogens is 6. The number of rotatable bonds is 19. The number of piperazine rings is 2. The van der Waals surface area contributed by atoms with Crippen LogP contribution < -0.4 is 63.8 Å². The summed E-state index contributed by atoms with van der Waals surface area (Å²) in [5.41, 5.74) is 45.6. The molecule has 0 radical (unpaired) electrons. The van der Waals surface area contributed by atoms with E-state index in [1.165, 1.54) is 49.8 Å².